The number of rotatable bonds is 7. The molecule has 0 radical (unpaired) electrons. The summed E-state index contributed by atoms with van der Waals surface area (Å²) in [6.45, 7) is 4.21. The number of amides is 1. The number of pyridine rings is 1. The van der Waals surface area contributed by atoms with Gasteiger partial charge in [-0.1, -0.05) is 6.92 Å². The molecule has 1 aromatic heterocycles. The number of likely N-dealkylation sites (N-methyl/N-ethyl adjacent to an activating group) is 1. The Morgan fingerprint density at radius 2 is 2.17 bits per heavy atom. The molecule has 1 aromatic rings. The van der Waals surface area contributed by atoms with Gasteiger partial charge >= 0.3 is 0 Å². The number of carbonyl (C=O) groups excluding carboxylic acids is 1. The Kier molecular flexibility index (Phi) is 6.32. The smallest absolute Gasteiger partial charge is 0.221 e. The molecule has 1 rings (SSSR count). The Morgan fingerprint density at radius 1 is 1.50 bits per heavy atom. The van der Waals surface area contributed by atoms with Crippen LogP contribution in [-0.2, 0) is 11.3 Å². The van der Waals surface area contributed by atoms with Crippen LogP contribution in [0, 0.1) is 0 Å². The van der Waals surface area contributed by atoms with Crippen molar-refractivity contribution >= 4 is 5.91 Å². The Bertz CT molecular complexity index is 355. The summed E-state index contributed by atoms with van der Waals surface area (Å²) in [7, 11) is 1.65. The highest BCUT2D eigenvalue weighted by molar-refractivity contribution is 5.76. The van der Waals surface area contributed by atoms with Crippen molar-refractivity contribution in [1.82, 2.24) is 15.2 Å². The van der Waals surface area contributed by atoms with E-state index >= 15 is 0 Å². The molecule has 100 valence electrons. The van der Waals surface area contributed by atoms with E-state index in [1.165, 1.54) is 5.56 Å². The lowest BCUT2D eigenvalue weighted by atomic mass is 10.1. The van der Waals surface area contributed by atoms with Crippen molar-refractivity contribution < 1.29 is 4.79 Å². The van der Waals surface area contributed by atoms with Crippen LogP contribution < -0.4 is 11.1 Å². The maximum Gasteiger partial charge on any atom is 0.221 e. The Morgan fingerprint density at radius 3 is 2.67 bits per heavy atom. The third-order valence-electron chi connectivity index (χ3n) is 3.03. The van der Waals surface area contributed by atoms with E-state index in [4.69, 9.17) is 5.73 Å². The molecule has 5 heteroatoms. The molecular formula is C13H22N4O. The summed E-state index contributed by atoms with van der Waals surface area (Å²) in [6.07, 6.45) is 3.99. The van der Waals surface area contributed by atoms with Crippen molar-refractivity contribution in [3.8, 4) is 0 Å². The summed E-state index contributed by atoms with van der Waals surface area (Å²) in [5.74, 6) is 0.0265. The molecule has 0 aromatic carbocycles. The lowest BCUT2D eigenvalue weighted by Crippen LogP contribution is -2.43. The molecule has 0 spiro atoms. The first kappa shape index (κ1) is 14.6. The van der Waals surface area contributed by atoms with Gasteiger partial charge in [-0.3, -0.25) is 14.7 Å². The van der Waals surface area contributed by atoms with Crippen LogP contribution in [-0.4, -0.2) is 42.0 Å². The van der Waals surface area contributed by atoms with Gasteiger partial charge in [0.1, 0.15) is 0 Å². The normalized spacial score (nSPS) is 12.4. The number of aromatic nitrogens is 1. The van der Waals surface area contributed by atoms with E-state index in [-0.39, 0.29) is 11.9 Å². The van der Waals surface area contributed by atoms with Crippen molar-refractivity contribution in [2.45, 2.75) is 25.9 Å². The van der Waals surface area contributed by atoms with Crippen LogP contribution in [0.25, 0.3) is 0 Å². The number of hydrogen-bond acceptors (Lipinski definition) is 4. The van der Waals surface area contributed by atoms with E-state index in [2.05, 4.69) is 22.1 Å². The standard InChI is InChI=1S/C13H22N4O/c1-3-17(10-11-4-6-16-7-5-11)12(9-14)8-13(18)15-2/h4-7,12H,3,8-10,14H2,1-2H3,(H,15,18). The molecule has 0 saturated carbocycles. The number of nitrogens with two attached hydrogens (primary N) is 1. The third-order valence-corrected chi connectivity index (χ3v) is 3.03. The summed E-state index contributed by atoms with van der Waals surface area (Å²) < 4.78 is 0. The number of carbonyl (C=O) groups is 1. The van der Waals surface area contributed by atoms with Gasteiger partial charge in [0, 0.05) is 45.0 Å². The SMILES string of the molecule is CCN(Cc1ccncc1)C(CN)CC(=O)NC. The number of nitrogens with one attached hydrogen (secondary N) is 1. The molecule has 1 heterocycles. The molecule has 3 N–H and O–H groups in total. The van der Waals surface area contributed by atoms with E-state index in [0.717, 1.165) is 13.1 Å². The summed E-state index contributed by atoms with van der Waals surface area (Å²) in [4.78, 5) is 17.7. The van der Waals surface area contributed by atoms with E-state index < -0.39 is 0 Å². The predicted molar refractivity (Wildman–Crippen MR) is 71.8 cm³/mol. The lowest BCUT2D eigenvalue weighted by molar-refractivity contribution is -0.121. The number of hydrogen-bond donors (Lipinski definition) is 2. The number of nitrogens with zero attached hydrogens (tertiary/aromatic N) is 2. The lowest BCUT2D eigenvalue weighted by Gasteiger charge is -2.29. The Labute approximate surface area is 108 Å². The first-order chi connectivity index (χ1) is 8.71. The first-order valence-corrected chi connectivity index (χ1v) is 6.24. The molecule has 1 amide bonds. The fraction of sp³-hybridized carbons (Fsp3) is 0.538. The summed E-state index contributed by atoms with van der Waals surface area (Å²) in [6, 6.07) is 4.04. The third kappa shape index (κ3) is 4.43. The Hall–Kier alpha value is -1.46. The zero-order chi connectivity index (χ0) is 13.4. The van der Waals surface area contributed by atoms with Crippen molar-refractivity contribution in [3.63, 3.8) is 0 Å². The van der Waals surface area contributed by atoms with Gasteiger partial charge < -0.3 is 11.1 Å². The van der Waals surface area contributed by atoms with Crippen LogP contribution in [0.5, 0.6) is 0 Å². The van der Waals surface area contributed by atoms with Gasteiger partial charge in [-0.25, -0.2) is 0 Å². The van der Waals surface area contributed by atoms with E-state index in [9.17, 15) is 4.79 Å². The van der Waals surface area contributed by atoms with Gasteiger partial charge in [-0.05, 0) is 24.2 Å². The molecule has 0 aliphatic heterocycles. The van der Waals surface area contributed by atoms with Crippen LogP contribution in [0.1, 0.15) is 18.9 Å². The summed E-state index contributed by atoms with van der Waals surface area (Å²) >= 11 is 0. The zero-order valence-corrected chi connectivity index (χ0v) is 11.1. The fourth-order valence-electron chi connectivity index (χ4n) is 1.90. The monoisotopic (exact) mass is 250 g/mol. The van der Waals surface area contributed by atoms with Crippen molar-refractivity contribution in [2.75, 3.05) is 20.1 Å². The van der Waals surface area contributed by atoms with E-state index in [1.54, 1.807) is 19.4 Å². The molecule has 1 atom stereocenters. The van der Waals surface area contributed by atoms with Gasteiger partial charge in [-0.15, -0.1) is 0 Å². The van der Waals surface area contributed by atoms with Gasteiger partial charge in [0.15, 0.2) is 0 Å². The maximum absolute atomic E-state index is 11.5. The predicted octanol–water partition coefficient (Wildman–Crippen LogP) is 0.367. The highest BCUT2D eigenvalue weighted by Gasteiger charge is 2.18. The fourth-order valence-corrected chi connectivity index (χ4v) is 1.90. The van der Waals surface area contributed by atoms with Crippen molar-refractivity contribution in [1.29, 1.82) is 0 Å². The minimum atomic E-state index is 0.0265. The molecule has 0 bridgehead atoms. The Balaban J connectivity index is 2.65. The highest BCUT2D eigenvalue weighted by Crippen LogP contribution is 2.09. The molecule has 5 nitrogen and oxygen atoms in total. The zero-order valence-electron chi connectivity index (χ0n) is 11.1. The van der Waals surface area contributed by atoms with Gasteiger partial charge in [0.05, 0.1) is 0 Å². The van der Waals surface area contributed by atoms with Crippen LogP contribution in [0.15, 0.2) is 24.5 Å². The molecule has 18 heavy (non-hydrogen) atoms. The van der Waals surface area contributed by atoms with Crippen LogP contribution in [0.3, 0.4) is 0 Å². The van der Waals surface area contributed by atoms with Gasteiger partial charge in [-0.2, -0.15) is 0 Å². The van der Waals surface area contributed by atoms with Crippen LogP contribution >= 0.6 is 0 Å². The minimum absolute atomic E-state index is 0.0265. The topological polar surface area (TPSA) is 71.2 Å². The van der Waals surface area contributed by atoms with Crippen molar-refractivity contribution in [2.24, 2.45) is 5.73 Å². The van der Waals surface area contributed by atoms with Crippen LogP contribution in [0.2, 0.25) is 0 Å². The molecule has 0 saturated heterocycles. The average molecular weight is 250 g/mol. The highest BCUT2D eigenvalue weighted by atomic mass is 16.1. The molecule has 0 aliphatic carbocycles. The summed E-state index contributed by atoms with van der Waals surface area (Å²) in [5.41, 5.74) is 6.95. The second kappa shape index (κ2) is 7.79. The second-order valence-corrected chi connectivity index (χ2v) is 4.19. The molecular weight excluding hydrogens is 228 g/mol. The van der Waals surface area contributed by atoms with Gasteiger partial charge in [0.25, 0.3) is 0 Å². The summed E-state index contributed by atoms with van der Waals surface area (Å²) in [5, 5.41) is 2.64. The first-order valence-electron chi connectivity index (χ1n) is 6.24. The van der Waals surface area contributed by atoms with Crippen molar-refractivity contribution in [3.05, 3.63) is 30.1 Å². The van der Waals surface area contributed by atoms with Crippen LogP contribution in [0.4, 0.5) is 0 Å². The second-order valence-electron chi connectivity index (χ2n) is 4.19. The molecule has 1 unspecified atom stereocenters. The molecule has 0 fully saturated rings. The van der Waals surface area contributed by atoms with E-state index in [1.807, 2.05) is 12.1 Å². The minimum Gasteiger partial charge on any atom is -0.359 e. The maximum atomic E-state index is 11.5. The quantitative estimate of drug-likeness (QED) is 0.733. The van der Waals surface area contributed by atoms with Gasteiger partial charge in [0.2, 0.25) is 5.91 Å². The van der Waals surface area contributed by atoms with E-state index in [0.29, 0.717) is 13.0 Å². The molecule has 0 aliphatic rings. The average Bonchev–Trinajstić information content (AvgIpc) is 2.43. The largest absolute Gasteiger partial charge is 0.359 e.